The first kappa shape index (κ1) is 32.4. The van der Waals surface area contributed by atoms with Gasteiger partial charge in [-0.3, -0.25) is 24.0 Å². The van der Waals surface area contributed by atoms with Crippen molar-refractivity contribution in [3.8, 4) is 5.75 Å². The van der Waals surface area contributed by atoms with E-state index in [2.05, 4.69) is 16.0 Å². The van der Waals surface area contributed by atoms with Gasteiger partial charge in [0.1, 0.15) is 36.0 Å². The maximum Gasteiger partial charge on any atom is 0.327 e. The fraction of sp³-hybridized carbons (Fsp3) is 0.556. The van der Waals surface area contributed by atoms with Crippen LogP contribution in [-0.4, -0.2) is 122 Å². The zero-order valence-corrected chi connectivity index (χ0v) is 25.1. The molecule has 0 aromatic heterocycles. The first-order chi connectivity index (χ1) is 20.5. The number of fused-ring (bicyclic) bond motifs is 1. The Bertz CT molecular complexity index is 1250. The second-order valence-electron chi connectivity index (χ2n) is 10.6. The Balaban J connectivity index is 1.58. The number of carbonyl (C=O) groups excluding carboxylic acids is 5. The van der Waals surface area contributed by atoms with Crippen molar-refractivity contribution < 1.29 is 44.1 Å². The van der Waals surface area contributed by atoms with Crippen LogP contribution in [0.25, 0.3) is 0 Å². The summed E-state index contributed by atoms with van der Waals surface area (Å²) in [5.41, 5.74) is 0.731. The summed E-state index contributed by atoms with van der Waals surface area (Å²) < 4.78 is 0. The minimum absolute atomic E-state index is 0.0438. The number of hydrogen-bond acceptors (Lipinski definition) is 10. The minimum atomic E-state index is -1.40. The van der Waals surface area contributed by atoms with Crippen LogP contribution in [0.3, 0.4) is 0 Å². The molecule has 1 aromatic carbocycles. The first-order valence-electron chi connectivity index (χ1n) is 13.9. The summed E-state index contributed by atoms with van der Waals surface area (Å²) in [6.07, 6.45) is 1.25. The Morgan fingerprint density at radius 3 is 2.35 bits per heavy atom. The van der Waals surface area contributed by atoms with Gasteiger partial charge in [0.05, 0.1) is 6.61 Å². The number of likely N-dealkylation sites (tertiary alicyclic amines) is 1. The molecule has 0 bridgehead atoms. The lowest BCUT2D eigenvalue weighted by Crippen LogP contribution is -2.60. The van der Waals surface area contributed by atoms with E-state index in [1.807, 2.05) is 0 Å². The van der Waals surface area contributed by atoms with Crippen LogP contribution in [0.1, 0.15) is 37.7 Å². The number of aliphatic hydroxyl groups is 1. The Labute approximate surface area is 255 Å². The highest BCUT2D eigenvalue weighted by Gasteiger charge is 2.43. The number of carboxylic acid groups (broad SMARTS) is 1. The van der Waals surface area contributed by atoms with E-state index >= 15 is 0 Å². The Hall–Kier alpha value is -3.50. The molecule has 0 radical (unpaired) electrons. The average Bonchev–Trinajstić information content (AvgIpc) is 3.64. The summed E-state index contributed by atoms with van der Waals surface area (Å²) in [7, 11) is 2.19. The molecule has 43 heavy (non-hydrogen) atoms. The number of aliphatic carboxylic acids is 1. The molecule has 3 fully saturated rings. The fourth-order valence-corrected chi connectivity index (χ4v) is 7.94. The molecular formula is C27H35N5O9S2. The molecule has 1 aromatic rings. The molecule has 6 atom stereocenters. The molecule has 0 unspecified atom stereocenters. The number of phenolic OH excluding ortho intramolecular Hbond substituents is 1. The summed E-state index contributed by atoms with van der Waals surface area (Å²) in [5.74, 6) is -4.70. The third kappa shape index (κ3) is 7.54. The van der Waals surface area contributed by atoms with E-state index in [0.717, 1.165) is 27.2 Å². The molecule has 0 saturated carbocycles. The van der Waals surface area contributed by atoms with Gasteiger partial charge in [-0.15, -0.1) is 0 Å². The van der Waals surface area contributed by atoms with Crippen molar-refractivity contribution >= 4 is 57.1 Å². The van der Waals surface area contributed by atoms with Crippen LogP contribution in [0.5, 0.6) is 5.75 Å². The maximum absolute atomic E-state index is 13.7. The van der Waals surface area contributed by atoms with Gasteiger partial charge < -0.3 is 41.1 Å². The number of aliphatic hydroxyl groups excluding tert-OH is 1. The monoisotopic (exact) mass is 637 g/mol. The van der Waals surface area contributed by atoms with Gasteiger partial charge in [0.25, 0.3) is 0 Å². The van der Waals surface area contributed by atoms with E-state index in [1.54, 1.807) is 12.1 Å². The third-order valence-corrected chi connectivity index (χ3v) is 10.3. The predicted octanol–water partition coefficient (Wildman–Crippen LogP) is -0.986. The number of benzene rings is 1. The summed E-state index contributed by atoms with van der Waals surface area (Å²) in [5, 5.41) is 37.1. The zero-order valence-electron chi connectivity index (χ0n) is 23.4. The molecule has 3 aliphatic heterocycles. The van der Waals surface area contributed by atoms with Crippen LogP contribution in [0.15, 0.2) is 24.3 Å². The van der Waals surface area contributed by atoms with Gasteiger partial charge in [0.15, 0.2) is 0 Å². The molecule has 0 spiro atoms. The minimum Gasteiger partial charge on any atom is -0.508 e. The van der Waals surface area contributed by atoms with E-state index < -0.39 is 72.3 Å². The van der Waals surface area contributed by atoms with Gasteiger partial charge in [-0.2, -0.15) is 0 Å². The highest BCUT2D eigenvalue weighted by atomic mass is 33.1. The molecule has 0 aliphatic carbocycles. The second-order valence-corrected chi connectivity index (χ2v) is 13.2. The number of nitrogens with zero attached hydrogens (tertiary/aromatic N) is 2. The molecule has 3 saturated heterocycles. The SMILES string of the molecule is CC(=O)N1CC[C@@H](c2ccc(O)cc2)[C@@H]1C(=O)N[C@H]1CSSC[C@@H](C(=O)O)NC(=O)[C@@H]2CCCN2C(=O)[C@H](CO)NC1=O. The van der Waals surface area contributed by atoms with Crippen LogP contribution in [0.4, 0.5) is 0 Å². The largest absolute Gasteiger partial charge is 0.508 e. The number of rotatable bonds is 5. The van der Waals surface area contributed by atoms with E-state index in [-0.39, 0.29) is 29.7 Å². The summed E-state index contributed by atoms with van der Waals surface area (Å²) in [4.78, 5) is 80.3. The summed E-state index contributed by atoms with van der Waals surface area (Å²) >= 11 is 0. The van der Waals surface area contributed by atoms with E-state index in [4.69, 9.17) is 0 Å². The van der Waals surface area contributed by atoms with Crippen molar-refractivity contribution in [2.75, 3.05) is 31.2 Å². The van der Waals surface area contributed by atoms with Crippen molar-refractivity contribution in [3.63, 3.8) is 0 Å². The fourth-order valence-electron chi connectivity index (χ4n) is 5.62. The molecule has 4 rings (SSSR count). The lowest BCUT2D eigenvalue weighted by Gasteiger charge is -2.31. The molecule has 16 heteroatoms. The van der Waals surface area contributed by atoms with Crippen molar-refractivity contribution in [1.82, 2.24) is 25.8 Å². The Kier molecular flexibility index (Phi) is 10.8. The van der Waals surface area contributed by atoms with Crippen molar-refractivity contribution in [2.24, 2.45) is 0 Å². The normalized spacial score (nSPS) is 28.8. The second kappa shape index (κ2) is 14.3. The highest BCUT2D eigenvalue weighted by molar-refractivity contribution is 8.76. The Morgan fingerprint density at radius 1 is 1.00 bits per heavy atom. The molecule has 5 amide bonds. The standard InChI is InChI=1S/C27H35N5O9S2/c1-14(34)31-10-8-17(15-4-6-16(35)7-5-15)22(31)25(38)29-19-12-42-43-13-20(27(40)41)30-24(37)21-3-2-9-32(21)26(39)18(11-33)28-23(19)36/h4-7,17-22,33,35H,2-3,8-13H2,1H3,(H,28,36)(H,29,38)(H,30,37)(H,40,41)/t17-,18-,19-,20-,21-,22+/m0/s1. The number of carbonyl (C=O) groups is 6. The van der Waals surface area contributed by atoms with Gasteiger partial charge in [-0.1, -0.05) is 33.7 Å². The summed E-state index contributed by atoms with van der Waals surface area (Å²) in [6.45, 7) is 1.08. The molecule has 234 valence electrons. The van der Waals surface area contributed by atoms with Crippen LogP contribution in [0.2, 0.25) is 0 Å². The van der Waals surface area contributed by atoms with Crippen LogP contribution in [0, 0.1) is 0 Å². The van der Waals surface area contributed by atoms with Crippen LogP contribution >= 0.6 is 21.6 Å². The van der Waals surface area contributed by atoms with Gasteiger partial charge in [0.2, 0.25) is 29.5 Å². The quantitative estimate of drug-likeness (QED) is 0.216. The zero-order chi connectivity index (χ0) is 31.3. The number of aromatic hydroxyl groups is 1. The molecule has 14 nitrogen and oxygen atoms in total. The van der Waals surface area contributed by atoms with E-state index in [1.165, 1.54) is 28.9 Å². The van der Waals surface area contributed by atoms with Crippen molar-refractivity contribution in [2.45, 2.75) is 62.3 Å². The van der Waals surface area contributed by atoms with Gasteiger partial charge >= 0.3 is 5.97 Å². The molecule has 6 N–H and O–H groups in total. The lowest BCUT2D eigenvalue weighted by atomic mass is 9.91. The van der Waals surface area contributed by atoms with Gasteiger partial charge in [0, 0.05) is 37.4 Å². The van der Waals surface area contributed by atoms with E-state index in [0.29, 0.717) is 25.8 Å². The number of amides is 5. The highest BCUT2D eigenvalue weighted by Crippen LogP contribution is 2.35. The number of nitrogens with one attached hydrogen (secondary N) is 3. The number of hydrogen-bond donors (Lipinski definition) is 6. The molecule has 3 heterocycles. The molecular weight excluding hydrogens is 602 g/mol. The third-order valence-electron chi connectivity index (χ3n) is 7.83. The van der Waals surface area contributed by atoms with Crippen LogP contribution in [-0.2, 0) is 28.8 Å². The van der Waals surface area contributed by atoms with Gasteiger partial charge in [-0.25, -0.2) is 4.79 Å². The smallest absolute Gasteiger partial charge is 0.327 e. The van der Waals surface area contributed by atoms with E-state index in [9.17, 15) is 44.1 Å². The maximum atomic E-state index is 13.7. The van der Waals surface area contributed by atoms with Crippen molar-refractivity contribution in [1.29, 1.82) is 0 Å². The number of phenols is 1. The average molecular weight is 638 g/mol. The first-order valence-corrected chi connectivity index (χ1v) is 16.4. The number of carboxylic acids is 1. The Morgan fingerprint density at radius 2 is 1.70 bits per heavy atom. The molecule has 3 aliphatic rings. The van der Waals surface area contributed by atoms with Crippen molar-refractivity contribution in [3.05, 3.63) is 29.8 Å². The van der Waals surface area contributed by atoms with Crippen LogP contribution < -0.4 is 16.0 Å². The van der Waals surface area contributed by atoms with Gasteiger partial charge in [-0.05, 0) is 37.0 Å². The summed E-state index contributed by atoms with van der Waals surface area (Å²) in [6, 6.07) is 0.553. The topological polar surface area (TPSA) is 206 Å². The predicted molar refractivity (Wildman–Crippen MR) is 157 cm³/mol. The lowest BCUT2D eigenvalue weighted by molar-refractivity contribution is -0.145.